The summed E-state index contributed by atoms with van der Waals surface area (Å²) >= 11 is 0. The first kappa shape index (κ1) is 21.5. The molecule has 1 saturated carbocycles. The van der Waals surface area contributed by atoms with Crippen LogP contribution in [0.2, 0.25) is 0 Å². The topological polar surface area (TPSA) is 129 Å². The van der Waals surface area contributed by atoms with Crippen molar-refractivity contribution in [2.45, 2.75) is 63.5 Å². The third-order valence-corrected chi connectivity index (χ3v) is 6.17. The lowest BCUT2D eigenvalue weighted by Gasteiger charge is -2.35. The summed E-state index contributed by atoms with van der Waals surface area (Å²) in [6, 6.07) is 6.27. The summed E-state index contributed by atoms with van der Waals surface area (Å²) in [5.41, 5.74) is 15.9. The summed E-state index contributed by atoms with van der Waals surface area (Å²) in [4.78, 5) is 14.3. The maximum atomic E-state index is 9.05. The van der Waals surface area contributed by atoms with Gasteiger partial charge in [0.05, 0.1) is 17.5 Å². The lowest BCUT2D eigenvalue weighted by Crippen LogP contribution is -2.36. The molecule has 0 spiro atoms. The van der Waals surface area contributed by atoms with Crippen molar-refractivity contribution in [3.8, 4) is 17.0 Å². The number of rotatable bonds is 6. The molecule has 0 bridgehead atoms. The van der Waals surface area contributed by atoms with Crippen molar-refractivity contribution in [1.29, 1.82) is 0 Å². The summed E-state index contributed by atoms with van der Waals surface area (Å²) in [6.07, 6.45) is 6.06. The second-order valence-corrected chi connectivity index (χ2v) is 8.82. The molecule has 1 aromatic carbocycles. The molecule has 2 aliphatic carbocycles. The number of nitrogen functional groups attached to an aromatic ring is 1. The van der Waals surface area contributed by atoms with Gasteiger partial charge in [-0.05, 0) is 57.7 Å². The van der Waals surface area contributed by atoms with Gasteiger partial charge in [-0.25, -0.2) is 9.97 Å². The van der Waals surface area contributed by atoms with E-state index in [1.165, 1.54) is 6.33 Å². The second kappa shape index (κ2) is 8.80. The SMILES string of the molecule is CC1(C)/C(=N/OCCCO)c2cc(OC3CCC(N)CC3)ccc2-c2ncnc(N)c21. The van der Waals surface area contributed by atoms with Crippen molar-refractivity contribution in [3.05, 3.63) is 35.7 Å². The van der Waals surface area contributed by atoms with Crippen LogP contribution in [0.3, 0.4) is 0 Å². The van der Waals surface area contributed by atoms with E-state index < -0.39 is 5.41 Å². The van der Waals surface area contributed by atoms with Gasteiger partial charge in [0.15, 0.2) is 0 Å². The summed E-state index contributed by atoms with van der Waals surface area (Å²) in [6.45, 7) is 4.46. The van der Waals surface area contributed by atoms with Crippen LogP contribution in [0.1, 0.15) is 57.1 Å². The molecule has 0 amide bonds. The normalized spacial score (nSPS) is 23.2. The van der Waals surface area contributed by atoms with Gasteiger partial charge in [0.25, 0.3) is 0 Å². The number of oxime groups is 1. The lowest BCUT2D eigenvalue weighted by atomic mass is 9.70. The van der Waals surface area contributed by atoms with Gasteiger partial charge in [0, 0.05) is 41.2 Å². The average Bonchev–Trinajstić information content (AvgIpc) is 2.74. The maximum absolute atomic E-state index is 9.05. The number of hydrogen-bond donors (Lipinski definition) is 3. The fraction of sp³-hybridized carbons (Fsp3) is 0.522. The van der Waals surface area contributed by atoms with E-state index in [9.17, 15) is 0 Å². The summed E-state index contributed by atoms with van der Waals surface area (Å²) in [7, 11) is 0. The minimum Gasteiger partial charge on any atom is -0.490 e. The van der Waals surface area contributed by atoms with Crippen molar-refractivity contribution >= 4 is 11.5 Å². The van der Waals surface area contributed by atoms with E-state index in [0.717, 1.165) is 59.5 Å². The molecular weight excluding hydrogens is 394 g/mol. The first-order valence-electron chi connectivity index (χ1n) is 10.9. The van der Waals surface area contributed by atoms with E-state index in [-0.39, 0.29) is 18.8 Å². The Morgan fingerprint density at radius 1 is 1.16 bits per heavy atom. The Balaban J connectivity index is 1.74. The first-order valence-corrected chi connectivity index (χ1v) is 10.9. The third-order valence-electron chi connectivity index (χ3n) is 6.17. The zero-order valence-corrected chi connectivity index (χ0v) is 18.2. The Kier molecular flexibility index (Phi) is 6.11. The molecule has 2 aromatic rings. The van der Waals surface area contributed by atoms with Crippen LogP contribution in [-0.4, -0.2) is 46.1 Å². The van der Waals surface area contributed by atoms with Crippen LogP contribution < -0.4 is 16.2 Å². The van der Waals surface area contributed by atoms with E-state index in [1.807, 2.05) is 32.0 Å². The van der Waals surface area contributed by atoms with E-state index >= 15 is 0 Å². The van der Waals surface area contributed by atoms with Crippen molar-refractivity contribution in [2.75, 3.05) is 18.9 Å². The van der Waals surface area contributed by atoms with Gasteiger partial charge >= 0.3 is 0 Å². The molecule has 1 heterocycles. The first-order chi connectivity index (χ1) is 14.9. The zero-order valence-electron chi connectivity index (χ0n) is 18.2. The smallest absolute Gasteiger partial charge is 0.131 e. The van der Waals surface area contributed by atoms with Gasteiger partial charge in [0.1, 0.15) is 24.5 Å². The Labute approximate surface area is 182 Å². The Morgan fingerprint density at radius 2 is 1.94 bits per heavy atom. The van der Waals surface area contributed by atoms with Crippen LogP contribution >= 0.6 is 0 Å². The molecule has 2 aliphatic rings. The summed E-state index contributed by atoms with van der Waals surface area (Å²) in [5.74, 6) is 1.23. The number of ether oxygens (including phenoxy) is 1. The van der Waals surface area contributed by atoms with Crippen LogP contribution in [0.4, 0.5) is 5.82 Å². The quantitative estimate of drug-likeness (QED) is 0.479. The molecule has 0 unspecified atom stereocenters. The monoisotopic (exact) mass is 425 g/mol. The number of anilines is 1. The highest BCUT2D eigenvalue weighted by Gasteiger charge is 2.41. The predicted octanol–water partition coefficient (Wildman–Crippen LogP) is 2.77. The van der Waals surface area contributed by atoms with E-state index in [1.54, 1.807) is 0 Å². The number of benzene rings is 1. The van der Waals surface area contributed by atoms with Gasteiger partial charge in [-0.15, -0.1) is 0 Å². The van der Waals surface area contributed by atoms with Gasteiger partial charge in [-0.3, -0.25) is 0 Å². The molecule has 0 atom stereocenters. The van der Waals surface area contributed by atoms with Crippen LogP contribution in [0, 0.1) is 0 Å². The summed E-state index contributed by atoms with van der Waals surface area (Å²) in [5, 5.41) is 13.5. The Bertz CT molecular complexity index is 968. The van der Waals surface area contributed by atoms with Gasteiger partial charge in [-0.2, -0.15) is 0 Å². The minimum absolute atomic E-state index is 0.0531. The number of aromatic nitrogens is 2. The Hall–Kier alpha value is -2.71. The van der Waals surface area contributed by atoms with Gasteiger partial charge in [0.2, 0.25) is 0 Å². The molecule has 5 N–H and O–H groups in total. The molecule has 1 aromatic heterocycles. The number of nitrogens with zero attached hydrogens (tertiary/aromatic N) is 3. The molecule has 166 valence electrons. The molecule has 8 nitrogen and oxygen atoms in total. The highest BCUT2D eigenvalue weighted by Crippen LogP contribution is 2.45. The van der Waals surface area contributed by atoms with E-state index in [4.69, 9.17) is 26.1 Å². The highest BCUT2D eigenvalue weighted by atomic mass is 16.6. The van der Waals surface area contributed by atoms with Crippen LogP contribution in [0.15, 0.2) is 29.7 Å². The number of hydrogen-bond acceptors (Lipinski definition) is 8. The number of nitrogens with two attached hydrogens (primary N) is 2. The molecule has 4 rings (SSSR count). The highest BCUT2D eigenvalue weighted by molar-refractivity contribution is 6.15. The molecule has 0 saturated heterocycles. The fourth-order valence-electron chi connectivity index (χ4n) is 4.48. The van der Waals surface area contributed by atoms with Crippen LogP contribution in [0.25, 0.3) is 11.3 Å². The number of aliphatic hydroxyl groups is 1. The van der Waals surface area contributed by atoms with Gasteiger partial charge in [-0.1, -0.05) is 5.16 Å². The van der Waals surface area contributed by atoms with Crippen LogP contribution in [-0.2, 0) is 10.3 Å². The lowest BCUT2D eigenvalue weighted by molar-refractivity contribution is 0.122. The zero-order chi connectivity index (χ0) is 22.0. The average molecular weight is 426 g/mol. The summed E-state index contributed by atoms with van der Waals surface area (Å²) < 4.78 is 6.30. The van der Waals surface area contributed by atoms with Crippen LogP contribution in [0.5, 0.6) is 5.75 Å². The number of fused-ring (bicyclic) bond motifs is 3. The molecule has 1 fully saturated rings. The molecular formula is C23H31N5O3. The molecule has 0 radical (unpaired) electrons. The van der Waals surface area contributed by atoms with Crippen molar-refractivity contribution < 1.29 is 14.7 Å². The minimum atomic E-state index is -0.566. The number of aliphatic hydroxyl groups excluding tert-OH is 1. The Morgan fingerprint density at radius 3 is 2.68 bits per heavy atom. The predicted molar refractivity (Wildman–Crippen MR) is 120 cm³/mol. The largest absolute Gasteiger partial charge is 0.490 e. The van der Waals surface area contributed by atoms with Crippen molar-refractivity contribution in [1.82, 2.24) is 9.97 Å². The fourth-order valence-corrected chi connectivity index (χ4v) is 4.48. The van der Waals surface area contributed by atoms with E-state index in [2.05, 4.69) is 15.1 Å². The molecule has 31 heavy (non-hydrogen) atoms. The van der Waals surface area contributed by atoms with Crippen molar-refractivity contribution in [3.63, 3.8) is 0 Å². The second-order valence-electron chi connectivity index (χ2n) is 8.82. The van der Waals surface area contributed by atoms with E-state index in [0.29, 0.717) is 18.8 Å². The van der Waals surface area contributed by atoms with Gasteiger partial charge < -0.3 is 26.1 Å². The molecule has 8 heteroatoms. The molecule has 0 aliphatic heterocycles. The van der Waals surface area contributed by atoms with Crippen molar-refractivity contribution in [2.24, 2.45) is 10.9 Å². The standard InChI is InChI=1S/C23H31N5O3/c1-23(2)19-20(26-13-27-22(19)25)17-9-8-16(31-15-6-4-14(24)5-7-15)12-18(17)21(23)28-30-11-3-10-29/h8-9,12-15,29H,3-7,10-11,24H2,1-2H3,(H2,25,26,27)/b28-21+. The third kappa shape index (κ3) is 4.22. The maximum Gasteiger partial charge on any atom is 0.131 e.